The van der Waals surface area contributed by atoms with Crippen molar-refractivity contribution in [2.45, 2.75) is 39.0 Å². The first-order valence-electron chi connectivity index (χ1n) is 5.39. The maximum Gasteiger partial charge on any atom is 0.146 e. The molecule has 0 radical (unpaired) electrons. The van der Waals surface area contributed by atoms with Crippen molar-refractivity contribution in [1.29, 1.82) is 0 Å². The van der Waals surface area contributed by atoms with E-state index >= 15 is 0 Å². The number of ether oxygens (including phenoxy) is 1. The third-order valence-electron chi connectivity index (χ3n) is 2.57. The molecule has 0 aromatic carbocycles. The van der Waals surface area contributed by atoms with Gasteiger partial charge in [0.15, 0.2) is 0 Å². The molecule has 0 heterocycles. The highest BCUT2D eigenvalue weighted by Crippen LogP contribution is 2.17. The van der Waals surface area contributed by atoms with Crippen LogP contribution < -0.4 is 0 Å². The number of hydrogen-bond donors (Lipinski definition) is 0. The minimum Gasteiger partial charge on any atom is -0.380 e. The number of carbonyl (C=O) groups excluding carboxylic acids is 2. The van der Waals surface area contributed by atoms with Gasteiger partial charge in [0.1, 0.15) is 11.6 Å². The molecule has 80 valence electrons. The van der Waals surface area contributed by atoms with Crippen molar-refractivity contribution in [3.8, 4) is 0 Å². The van der Waals surface area contributed by atoms with Crippen LogP contribution in [0, 0.1) is 5.92 Å². The summed E-state index contributed by atoms with van der Waals surface area (Å²) in [7, 11) is 0. The minimum atomic E-state index is -0.448. The van der Waals surface area contributed by atoms with E-state index in [1.807, 2.05) is 0 Å². The molecule has 3 nitrogen and oxygen atoms in total. The number of Topliss-reactive ketones (excluding diaryl/α,β-unsaturated/α-hetero) is 2. The smallest absolute Gasteiger partial charge is 0.146 e. The molecule has 0 saturated heterocycles. The van der Waals surface area contributed by atoms with Gasteiger partial charge in [-0.05, 0) is 6.42 Å². The average molecular weight is 198 g/mol. The highest BCUT2D eigenvalue weighted by atomic mass is 16.5. The summed E-state index contributed by atoms with van der Waals surface area (Å²) in [6.07, 6.45) is 4.16. The van der Waals surface area contributed by atoms with Gasteiger partial charge >= 0.3 is 0 Å². The lowest BCUT2D eigenvalue weighted by Crippen LogP contribution is -2.20. The Morgan fingerprint density at radius 2 is 1.86 bits per heavy atom. The lowest BCUT2D eigenvalue weighted by molar-refractivity contribution is -0.129. The van der Waals surface area contributed by atoms with Gasteiger partial charge in [0.25, 0.3) is 0 Å². The summed E-state index contributed by atoms with van der Waals surface area (Å²) in [6, 6.07) is 0. The summed E-state index contributed by atoms with van der Waals surface area (Å²) >= 11 is 0. The quantitative estimate of drug-likeness (QED) is 0.482. The summed E-state index contributed by atoms with van der Waals surface area (Å²) in [6.45, 7) is 3.11. The first-order valence-corrected chi connectivity index (χ1v) is 5.39. The predicted molar refractivity (Wildman–Crippen MR) is 53.1 cm³/mol. The standard InChI is InChI=1S/C11H18O3/c1-2-3-4-7-14-8-9-10(12)5-6-11(9)13/h9H,2-8H2,1H3. The van der Waals surface area contributed by atoms with Crippen LogP contribution in [-0.2, 0) is 14.3 Å². The van der Waals surface area contributed by atoms with Crippen LogP contribution in [0.15, 0.2) is 0 Å². The van der Waals surface area contributed by atoms with Gasteiger partial charge < -0.3 is 4.74 Å². The molecule has 0 amide bonds. The first-order chi connectivity index (χ1) is 6.75. The highest BCUT2D eigenvalue weighted by molar-refractivity contribution is 6.08. The van der Waals surface area contributed by atoms with E-state index in [0.29, 0.717) is 26.1 Å². The van der Waals surface area contributed by atoms with Gasteiger partial charge in [-0.15, -0.1) is 0 Å². The van der Waals surface area contributed by atoms with Gasteiger partial charge in [-0.3, -0.25) is 9.59 Å². The Morgan fingerprint density at radius 1 is 1.21 bits per heavy atom. The molecule has 0 spiro atoms. The van der Waals surface area contributed by atoms with Crippen LogP contribution in [-0.4, -0.2) is 24.8 Å². The maximum absolute atomic E-state index is 11.2. The largest absolute Gasteiger partial charge is 0.380 e. The van der Waals surface area contributed by atoms with Crippen LogP contribution in [0.1, 0.15) is 39.0 Å². The Hall–Kier alpha value is -0.700. The van der Waals surface area contributed by atoms with E-state index < -0.39 is 5.92 Å². The minimum absolute atomic E-state index is 0.0606. The van der Waals surface area contributed by atoms with Crippen molar-refractivity contribution in [3.05, 3.63) is 0 Å². The molecule has 0 aliphatic heterocycles. The van der Waals surface area contributed by atoms with Crippen LogP contribution in [0.4, 0.5) is 0 Å². The number of rotatable bonds is 6. The van der Waals surface area contributed by atoms with E-state index in [2.05, 4.69) is 6.92 Å². The summed E-state index contributed by atoms with van der Waals surface area (Å²) in [4.78, 5) is 22.4. The molecule has 1 rings (SSSR count). The monoisotopic (exact) mass is 198 g/mol. The summed E-state index contributed by atoms with van der Waals surface area (Å²) < 4.78 is 5.32. The fraction of sp³-hybridized carbons (Fsp3) is 0.818. The number of carbonyl (C=O) groups is 2. The Kier molecular flexibility index (Phi) is 4.80. The van der Waals surface area contributed by atoms with Crippen molar-refractivity contribution < 1.29 is 14.3 Å². The van der Waals surface area contributed by atoms with Crippen molar-refractivity contribution in [1.82, 2.24) is 0 Å². The van der Waals surface area contributed by atoms with Gasteiger partial charge in [-0.1, -0.05) is 19.8 Å². The fourth-order valence-electron chi connectivity index (χ4n) is 1.62. The topological polar surface area (TPSA) is 43.4 Å². The molecule has 1 aliphatic carbocycles. The molecule has 0 aromatic heterocycles. The second-order valence-electron chi connectivity index (χ2n) is 3.77. The molecule has 1 fully saturated rings. The second kappa shape index (κ2) is 5.91. The van der Waals surface area contributed by atoms with Crippen molar-refractivity contribution in [3.63, 3.8) is 0 Å². The Morgan fingerprint density at radius 3 is 2.43 bits per heavy atom. The Bertz CT molecular complexity index is 195. The van der Waals surface area contributed by atoms with E-state index in [4.69, 9.17) is 4.74 Å². The zero-order chi connectivity index (χ0) is 10.4. The number of ketones is 2. The van der Waals surface area contributed by atoms with E-state index in [1.54, 1.807) is 0 Å². The van der Waals surface area contributed by atoms with Gasteiger partial charge in [-0.25, -0.2) is 0 Å². The van der Waals surface area contributed by atoms with Gasteiger partial charge in [0.05, 0.1) is 12.5 Å². The molecular weight excluding hydrogens is 180 g/mol. The van der Waals surface area contributed by atoms with Crippen LogP contribution >= 0.6 is 0 Å². The van der Waals surface area contributed by atoms with Gasteiger partial charge in [0.2, 0.25) is 0 Å². The summed E-state index contributed by atoms with van der Waals surface area (Å²) in [5.41, 5.74) is 0. The molecular formula is C11H18O3. The van der Waals surface area contributed by atoms with Crippen LogP contribution in [0.5, 0.6) is 0 Å². The van der Waals surface area contributed by atoms with E-state index in [0.717, 1.165) is 19.3 Å². The third-order valence-corrected chi connectivity index (χ3v) is 2.57. The van der Waals surface area contributed by atoms with Crippen molar-refractivity contribution in [2.24, 2.45) is 5.92 Å². The summed E-state index contributed by atoms with van der Waals surface area (Å²) in [5, 5.41) is 0. The lowest BCUT2D eigenvalue weighted by Gasteiger charge is -2.07. The van der Waals surface area contributed by atoms with E-state index in [-0.39, 0.29) is 11.6 Å². The highest BCUT2D eigenvalue weighted by Gasteiger charge is 2.32. The fourth-order valence-corrected chi connectivity index (χ4v) is 1.62. The van der Waals surface area contributed by atoms with Gasteiger partial charge in [-0.2, -0.15) is 0 Å². The van der Waals surface area contributed by atoms with Crippen LogP contribution in [0.25, 0.3) is 0 Å². The normalized spacial score (nSPS) is 18.1. The zero-order valence-electron chi connectivity index (χ0n) is 8.75. The molecule has 1 saturated carbocycles. The second-order valence-corrected chi connectivity index (χ2v) is 3.77. The van der Waals surface area contributed by atoms with Crippen molar-refractivity contribution >= 4 is 11.6 Å². The van der Waals surface area contributed by atoms with Gasteiger partial charge in [0, 0.05) is 19.4 Å². The molecule has 0 atom stereocenters. The third kappa shape index (κ3) is 3.22. The predicted octanol–water partition coefficient (Wildman–Crippen LogP) is 1.74. The molecule has 14 heavy (non-hydrogen) atoms. The van der Waals surface area contributed by atoms with E-state index in [9.17, 15) is 9.59 Å². The maximum atomic E-state index is 11.2. The van der Waals surface area contributed by atoms with Crippen LogP contribution in [0.2, 0.25) is 0 Å². The molecule has 0 unspecified atom stereocenters. The molecule has 0 aromatic rings. The SMILES string of the molecule is CCCCCOCC1C(=O)CCC1=O. The van der Waals surface area contributed by atoms with Crippen LogP contribution in [0.3, 0.4) is 0 Å². The lowest BCUT2D eigenvalue weighted by atomic mass is 10.1. The Labute approximate surface area is 84.8 Å². The Balaban J connectivity index is 2.11. The molecule has 0 N–H and O–H groups in total. The average Bonchev–Trinajstić information content (AvgIpc) is 2.48. The summed E-state index contributed by atoms with van der Waals surface area (Å²) in [5.74, 6) is -0.326. The number of unbranched alkanes of at least 4 members (excludes halogenated alkanes) is 2. The van der Waals surface area contributed by atoms with Crippen molar-refractivity contribution in [2.75, 3.05) is 13.2 Å². The molecule has 0 bridgehead atoms. The first kappa shape index (κ1) is 11.4. The number of hydrogen-bond acceptors (Lipinski definition) is 3. The molecule has 1 aliphatic rings. The molecule has 3 heteroatoms. The zero-order valence-corrected chi connectivity index (χ0v) is 8.75. The van der Waals surface area contributed by atoms with E-state index in [1.165, 1.54) is 0 Å².